The lowest BCUT2D eigenvalue weighted by atomic mass is 10.1. The Morgan fingerprint density at radius 3 is 2.88 bits per heavy atom. The number of nitrogens with two attached hydrogens (primary N) is 1. The predicted octanol–water partition coefficient (Wildman–Crippen LogP) is 2.51. The molecule has 0 saturated heterocycles. The molecule has 3 nitrogen and oxygen atoms in total. The van der Waals surface area contributed by atoms with Crippen molar-refractivity contribution in [1.29, 1.82) is 0 Å². The topological polar surface area (TPSA) is 50.4 Å². The van der Waals surface area contributed by atoms with Crippen molar-refractivity contribution in [3.05, 3.63) is 39.9 Å². The first-order chi connectivity index (χ1) is 8.41. The van der Waals surface area contributed by atoms with Gasteiger partial charge in [0.2, 0.25) is 0 Å². The number of hydrogen-bond donors (Lipinski definition) is 2. The zero-order valence-electron chi connectivity index (χ0n) is 9.29. The molecule has 1 aromatic rings. The fourth-order valence-electron chi connectivity index (χ4n) is 1.36. The maximum absolute atomic E-state index is 13.7. The van der Waals surface area contributed by atoms with E-state index in [2.05, 4.69) is 20.9 Å². The van der Waals surface area contributed by atoms with Crippen molar-refractivity contribution < 1.29 is 10.2 Å². The van der Waals surface area contributed by atoms with Crippen molar-refractivity contribution in [3.63, 3.8) is 0 Å². The highest BCUT2D eigenvalue weighted by Gasteiger charge is 2.21. The molecule has 0 saturated carbocycles. The van der Waals surface area contributed by atoms with Crippen LogP contribution in [0.5, 0.6) is 0 Å². The smallest absolute Gasteiger partial charge is 0.173 e. The van der Waals surface area contributed by atoms with Crippen LogP contribution < -0.4 is 11.0 Å². The molecule has 3 N–H and O–H groups in total. The molecule has 0 radical (unpaired) electrons. The van der Waals surface area contributed by atoms with E-state index in [1.54, 1.807) is 0 Å². The average molecular weight is 324 g/mol. The molecule has 1 atom stereocenters. The van der Waals surface area contributed by atoms with E-state index in [4.69, 9.17) is 18.7 Å². The summed E-state index contributed by atoms with van der Waals surface area (Å²) >= 11 is 8.93. The predicted molar refractivity (Wildman–Crippen MR) is 66.6 cm³/mol. The summed E-state index contributed by atoms with van der Waals surface area (Å²) in [4.78, 5) is 3.76. The normalized spacial score (nSPS) is 21.5. The van der Waals surface area contributed by atoms with E-state index < -0.39 is 17.9 Å². The van der Waals surface area contributed by atoms with Crippen LogP contribution in [0.4, 0.5) is 8.78 Å². The molecular weight excluding hydrogens is 315 g/mol. The van der Waals surface area contributed by atoms with Crippen LogP contribution in [-0.2, 0) is 0 Å². The third kappa shape index (κ3) is 2.48. The molecule has 1 heterocycles. The molecule has 17 heavy (non-hydrogen) atoms. The number of nitrogens with zero attached hydrogens (tertiary/aromatic N) is 1. The molecule has 0 fully saturated rings. The van der Waals surface area contributed by atoms with Crippen LogP contribution in [0.1, 0.15) is 5.56 Å². The Bertz CT molecular complexity index is 564. The van der Waals surface area contributed by atoms with Gasteiger partial charge in [-0.15, -0.1) is 0 Å². The second kappa shape index (κ2) is 4.72. The van der Waals surface area contributed by atoms with Gasteiger partial charge in [-0.3, -0.25) is 5.73 Å². The largest absolute Gasteiger partial charge is 0.350 e. The third-order valence-corrected chi connectivity index (χ3v) is 3.35. The molecule has 1 unspecified atom stereocenters. The fourth-order valence-corrected chi connectivity index (χ4v) is 1.97. The van der Waals surface area contributed by atoms with Crippen LogP contribution in [0, 0.1) is 11.6 Å². The van der Waals surface area contributed by atoms with Gasteiger partial charge in [-0.1, -0.05) is 11.6 Å². The highest BCUT2D eigenvalue weighted by atomic mass is 79.9. The molecule has 90 valence electrons. The molecule has 0 spiro atoms. The number of aliphatic imine (C=N–C) groups is 1. The van der Waals surface area contributed by atoms with Crippen molar-refractivity contribution in [2.24, 2.45) is 10.7 Å². The van der Waals surface area contributed by atoms with Gasteiger partial charge in [-0.05, 0) is 28.1 Å². The number of allylic oxidation sites excluding steroid dienone is 1. The van der Waals surface area contributed by atoms with Crippen LogP contribution in [0.25, 0.3) is 5.70 Å². The summed E-state index contributed by atoms with van der Waals surface area (Å²) in [6.07, 6.45) is -1.04. The second-order valence-electron chi connectivity index (χ2n) is 3.25. The summed E-state index contributed by atoms with van der Waals surface area (Å²) in [6, 6.07) is 3.03. The summed E-state index contributed by atoms with van der Waals surface area (Å²) in [5.74, 6) is -1.51. The van der Waals surface area contributed by atoms with Gasteiger partial charge < -0.3 is 5.31 Å². The Morgan fingerprint density at radius 1 is 1.53 bits per heavy atom. The van der Waals surface area contributed by atoms with Gasteiger partial charge in [-0.2, -0.15) is 0 Å². The van der Waals surface area contributed by atoms with Gasteiger partial charge in [-0.25, -0.2) is 13.8 Å². The van der Waals surface area contributed by atoms with Gasteiger partial charge >= 0.3 is 0 Å². The second-order valence-corrected chi connectivity index (χ2v) is 4.40. The zero-order chi connectivity index (χ0) is 13.4. The van der Waals surface area contributed by atoms with Crippen LogP contribution in [0.15, 0.2) is 27.7 Å². The van der Waals surface area contributed by atoms with E-state index in [0.717, 1.165) is 17.4 Å². The van der Waals surface area contributed by atoms with E-state index in [-0.39, 0.29) is 20.9 Å². The van der Waals surface area contributed by atoms with Crippen LogP contribution in [0.3, 0.4) is 0 Å². The molecule has 0 amide bonds. The summed E-state index contributed by atoms with van der Waals surface area (Å²) in [7, 11) is 0. The quantitative estimate of drug-likeness (QED) is 0.834. The SMILES string of the molecule is [2H]N1C(c2ccc(F)cc2F)=C(Br)C(Cl)=NC1N. The maximum atomic E-state index is 13.7. The van der Waals surface area contributed by atoms with Crippen molar-refractivity contribution >= 4 is 38.4 Å². The molecule has 7 heteroatoms. The van der Waals surface area contributed by atoms with Gasteiger partial charge in [0.05, 0.1) is 10.2 Å². The maximum Gasteiger partial charge on any atom is 0.173 e. The fraction of sp³-hybridized carbons (Fsp3) is 0.100. The first-order valence-electron chi connectivity index (χ1n) is 4.99. The molecular formula is C10H7BrClF2N3. The summed E-state index contributed by atoms with van der Waals surface area (Å²) < 4.78 is 34.5. The van der Waals surface area contributed by atoms with Gasteiger partial charge in [0, 0.05) is 11.6 Å². The van der Waals surface area contributed by atoms with E-state index >= 15 is 0 Å². The number of benzene rings is 1. The lowest BCUT2D eigenvalue weighted by Crippen LogP contribution is -2.38. The Labute approximate surface area is 111 Å². The zero-order valence-corrected chi connectivity index (χ0v) is 10.6. The van der Waals surface area contributed by atoms with E-state index in [1.165, 1.54) is 6.07 Å². The van der Waals surface area contributed by atoms with Crippen molar-refractivity contribution in [1.82, 2.24) is 5.31 Å². The standard InChI is InChI=1S/C10H7BrClF2N3/c11-7-8(16-10(15)17-9(7)12)5-2-1-4(13)3-6(5)14/h1-3,10,16H,15H2/i/hD. The van der Waals surface area contributed by atoms with Gasteiger partial charge in [0.25, 0.3) is 0 Å². The Balaban J connectivity index is 2.60. The van der Waals surface area contributed by atoms with Crippen molar-refractivity contribution in [2.45, 2.75) is 6.29 Å². The molecule has 1 aromatic carbocycles. The highest BCUT2D eigenvalue weighted by molar-refractivity contribution is 9.12. The molecule has 1 aliphatic heterocycles. The molecule has 0 aromatic heterocycles. The number of halogens is 4. The minimum absolute atomic E-state index is 0.0155. The first-order valence-corrected chi connectivity index (χ1v) is 5.71. The van der Waals surface area contributed by atoms with E-state index in [1.807, 2.05) is 0 Å². The average Bonchev–Trinajstić information content (AvgIpc) is 2.29. The highest BCUT2D eigenvalue weighted by Crippen LogP contribution is 2.28. The lowest BCUT2D eigenvalue weighted by molar-refractivity contribution is 0.577. The van der Waals surface area contributed by atoms with Crippen molar-refractivity contribution in [2.75, 3.05) is 0 Å². The van der Waals surface area contributed by atoms with Gasteiger partial charge in [0.15, 0.2) is 7.70 Å². The van der Waals surface area contributed by atoms with Crippen molar-refractivity contribution in [3.8, 4) is 0 Å². The Morgan fingerprint density at radius 2 is 2.24 bits per heavy atom. The van der Waals surface area contributed by atoms with E-state index in [0.29, 0.717) is 0 Å². The van der Waals surface area contributed by atoms with Crippen LogP contribution in [-0.4, -0.2) is 11.5 Å². The monoisotopic (exact) mass is 322 g/mol. The minimum Gasteiger partial charge on any atom is -0.350 e. The van der Waals surface area contributed by atoms with Crippen LogP contribution >= 0.6 is 27.5 Å². The minimum atomic E-state index is -1.04. The third-order valence-electron chi connectivity index (χ3n) is 2.08. The Hall–Kier alpha value is -0.980. The summed E-state index contributed by atoms with van der Waals surface area (Å²) in [6.45, 7) is 0. The summed E-state index contributed by atoms with van der Waals surface area (Å²) in [5.41, 5.74) is 5.67. The summed E-state index contributed by atoms with van der Waals surface area (Å²) in [5, 5.41) is 0.830. The Kier molecular flexibility index (Phi) is 3.09. The molecule has 0 bridgehead atoms. The van der Waals surface area contributed by atoms with Gasteiger partial charge in [0.1, 0.15) is 16.8 Å². The first kappa shape index (κ1) is 11.1. The van der Waals surface area contributed by atoms with E-state index in [9.17, 15) is 8.78 Å². The number of rotatable bonds is 1. The molecule has 1 aliphatic rings. The lowest BCUT2D eigenvalue weighted by Gasteiger charge is -2.21. The molecule has 0 aliphatic carbocycles. The molecule has 2 rings (SSSR count). The number of hydrogen-bond acceptors (Lipinski definition) is 3. The number of nitrogens with one attached hydrogen (secondary N) is 1. The van der Waals surface area contributed by atoms with Crippen LogP contribution in [0.2, 0.25) is 1.41 Å².